The minimum Gasteiger partial charge on any atom is -0.299 e. The molecule has 3 nitrogen and oxygen atoms in total. The Balaban J connectivity index is 1.60. The number of carbonyl (C=O) groups is 3. The van der Waals surface area contributed by atoms with Crippen LogP contribution in [0.4, 0.5) is 13.2 Å². The van der Waals surface area contributed by atoms with Crippen molar-refractivity contribution in [2.24, 2.45) is 50.2 Å². The molecule has 0 amide bonds. The molecule has 218 valence electrons. The fourth-order valence-corrected chi connectivity index (χ4v) is 10.8. The van der Waals surface area contributed by atoms with E-state index in [9.17, 15) is 27.6 Å². The van der Waals surface area contributed by atoms with Crippen LogP contribution in [0.5, 0.6) is 0 Å². The summed E-state index contributed by atoms with van der Waals surface area (Å²) in [4.78, 5) is 41.1. The molecular formula is C33H47F3O3. The van der Waals surface area contributed by atoms with Gasteiger partial charge in [0.15, 0.2) is 5.78 Å². The van der Waals surface area contributed by atoms with Crippen LogP contribution in [-0.4, -0.2) is 23.5 Å². The Morgan fingerprint density at radius 1 is 0.923 bits per heavy atom. The number of fused-ring (bicyclic) bond motifs is 7. The third kappa shape index (κ3) is 3.99. The average Bonchev–Trinajstić information content (AvgIpc) is 2.81. The van der Waals surface area contributed by atoms with Crippen LogP contribution in [0.15, 0.2) is 11.6 Å². The first kappa shape index (κ1) is 29.0. The molecule has 0 bridgehead atoms. The van der Waals surface area contributed by atoms with Crippen LogP contribution < -0.4 is 0 Å². The number of ketones is 3. The summed E-state index contributed by atoms with van der Waals surface area (Å²) in [5.74, 6) is -0.329. The van der Waals surface area contributed by atoms with Gasteiger partial charge in [-0.25, -0.2) is 0 Å². The van der Waals surface area contributed by atoms with Crippen molar-refractivity contribution in [1.29, 1.82) is 0 Å². The van der Waals surface area contributed by atoms with Crippen molar-refractivity contribution in [3.8, 4) is 0 Å². The molecule has 0 aromatic heterocycles. The zero-order chi connectivity index (χ0) is 29.0. The molecule has 0 aromatic rings. The normalized spacial score (nSPS) is 44.9. The van der Waals surface area contributed by atoms with Gasteiger partial charge in [0, 0.05) is 29.6 Å². The maximum Gasteiger partial charge on any atom is 0.389 e. The molecule has 4 fully saturated rings. The maximum absolute atomic E-state index is 14.4. The number of rotatable bonds is 3. The maximum atomic E-state index is 14.4. The van der Waals surface area contributed by atoms with Crippen molar-refractivity contribution >= 4 is 17.3 Å². The molecule has 0 aromatic carbocycles. The van der Waals surface area contributed by atoms with Gasteiger partial charge in [0.05, 0.1) is 6.42 Å². The van der Waals surface area contributed by atoms with Crippen LogP contribution in [0.3, 0.4) is 0 Å². The van der Waals surface area contributed by atoms with Gasteiger partial charge < -0.3 is 0 Å². The Kier molecular flexibility index (Phi) is 6.36. The van der Waals surface area contributed by atoms with Crippen LogP contribution in [0.25, 0.3) is 0 Å². The lowest BCUT2D eigenvalue weighted by Gasteiger charge is -2.69. The van der Waals surface area contributed by atoms with Gasteiger partial charge in [-0.15, -0.1) is 0 Å². The molecule has 7 atom stereocenters. The summed E-state index contributed by atoms with van der Waals surface area (Å²) < 4.78 is 39.5. The standard InChI is InChI=1S/C33H47F3O3/c1-27(2)14-16-32(25(39)10-13-33(34,35)36)17-15-31(7)26(20(32)19-27)21(37)18-23-29(5)11-9-24(38)28(3,4)22(29)8-12-30(23,31)6/h18,20,22,26H,8-17,19H2,1-7H3/t20-,22-,26-,29-,30+,31+,32-/m0/s1. The molecule has 5 aliphatic rings. The number of carbonyl (C=O) groups excluding carboxylic acids is 3. The predicted molar refractivity (Wildman–Crippen MR) is 145 cm³/mol. The molecule has 39 heavy (non-hydrogen) atoms. The second-order valence-corrected chi connectivity index (χ2v) is 16.0. The summed E-state index contributed by atoms with van der Waals surface area (Å²) >= 11 is 0. The third-order valence-corrected chi connectivity index (χ3v) is 13.3. The zero-order valence-electron chi connectivity index (χ0n) is 24.9. The SMILES string of the molecule is CC1(C)CC[C@]2(C(=O)CCC(F)(F)F)CC[C@]3(C)[C@H](C(=O)C=C4[C@@]5(C)CCC(=O)C(C)(C)[C@@H]5CC[C@]43C)[C@@H]2C1. The van der Waals surface area contributed by atoms with E-state index in [4.69, 9.17) is 0 Å². The van der Waals surface area contributed by atoms with E-state index in [0.29, 0.717) is 37.9 Å². The van der Waals surface area contributed by atoms with Crippen molar-refractivity contribution in [2.45, 2.75) is 125 Å². The Morgan fingerprint density at radius 3 is 2.21 bits per heavy atom. The Morgan fingerprint density at radius 2 is 1.56 bits per heavy atom. The highest BCUT2D eigenvalue weighted by atomic mass is 19.4. The molecule has 0 saturated heterocycles. The quantitative estimate of drug-likeness (QED) is 0.356. The lowest BCUT2D eigenvalue weighted by molar-refractivity contribution is -0.183. The van der Waals surface area contributed by atoms with Gasteiger partial charge in [0.1, 0.15) is 11.6 Å². The van der Waals surface area contributed by atoms with Crippen molar-refractivity contribution in [3.05, 3.63) is 11.6 Å². The van der Waals surface area contributed by atoms with Gasteiger partial charge in [0.2, 0.25) is 0 Å². The van der Waals surface area contributed by atoms with Crippen molar-refractivity contribution in [1.82, 2.24) is 0 Å². The van der Waals surface area contributed by atoms with E-state index in [1.54, 1.807) is 0 Å². The summed E-state index contributed by atoms with van der Waals surface area (Å²) in [5.41, 5.74) is -1.02. The van der Waals surface area contributed by atoms with Gasteiger partial charge in [0.25, 0.3) is 0 Å². The minimum absolute atomic E-state index is 0.0666. The summed E-state index contributed by atoms with van der Waals surface area (Å²) in [6, 6.07) is 0. The first-order valence-corrected chi connectivity index (χ1v) is 15.1. The smallest absolute Gasteiger partial charge is 0.299 e. The molecule has 5 aliphatic carbocycles. The van der Waals surface area contributed by atoms with Crippen LogP contribution in [0.2, 0.25) is 0 Å². The largest absolute Gasteiger partial charge is 0.389 e. The zero-order valence-corrected chi connectivity index (χ0v) is 24.9. The van der Waals surface area contributed by atoms with Crippen molar-refractivity contribution in [2.75, 3.05) is 0 Å². The second-order valence-electron chi connectivity index (χ2n) is 16.0. The van der Waals surface area contributed by atoms with Gasteiger partial charge in [-0.05, 0) is 90.9 Å². The number of alkyl halides is 3. The number of Topliss-reactive ketones (excluding diaryl/α,β-unsaturated/α-hetero) is 2. The van der Waals surface area contributed by atoms with Crippen molar-refractivity contribution < 1.29 is 27.6 Å². The molecule has 0 N–H and O–H groups in total. The summed E-state index contributed by atoms with van der Waals surface area (Å²) in [6.45, 7) is 15.3. The second kappa shape index (κ2) is 8.53. The number of hydrogen-bond acceptors (Lipinski definition) is 3. The van der Waals surface area contributed by atoms with E-state index in [-0.39, 0.29) is 51.0 Å². The molecule has 0 aliphatic heterocycles. The van der Waals surface area contributed by atoms with Crippen LogP contribution in [-0.2, 0) is 14.4 Å². The molecule has 0 spiro atoms. The first-order chi connectivity index (χ1) is 17.7. The third-order valence-electron chi connectivity index (χ3n) is 13.3. The van der Waals surface area contributed by atoms with Gasteiger partial charge in [-0.1, -0.05) is 54.0 Å². The topological polar surface area (TPSA) is 51.2 Å². The fourth-order valence-electron chi connectivity index (χ4n) is 10.8. The molecule has 0 heterocycles. The first-order valence-electron chi connectivity index (χ1n) is 15.1. The van der Waals surface area contributed by atoms with Crippen molar-refractivity contribution in [3.63, 3.8) is 0 Å². The Bertz CT molecular complexity index is 1130. The monoisotopic (exact) mass is 548 g/mol. The van der Waals surface area contributed by atoms with E-state index in [0.717, 1.165) is 25.7 Å². The molecule has 6 heteroatoms. The van der Waals surface area contributed by atoms with E-state index >= 15 is 0 Å². The van der Waals surface area contributed by atoms with E-state index in [2.05, 4.69) is 48.5 Å². The van der Waals surface area contributed by atoms with Crippen LogP contribution in [0, 0.1) is 50.2 Å². The molecule has 0 unspecified atom stereocenters. The van der Waals surface area contributed by atoms with Gasteiger partial charge in [-0.3, -0.25) is 14.4 Å². The lowest BCUT2D eigenvalue weighted by atomic mass is 9.33. The van der Waals surface area contributed by atoms with Crippen LogP contribution >= 0.6 is 0 Å². The van der Waals surface area contributed by atoms with E-state index in [1.807, 2.05) is 6.08 Å². The van der Waals surface area contributed by atoms with Crippen LogP contribution in [0.1, 0.15) is 119 Å². The van der Waals surface area contributed by atoms with Gasteiger partial charge >= 0.3 is 6.18 Å². The highest BCUT2D eigenvalue weighted by molar-refractivity contribution is 5.97. The minimum atomic E-state index is -4.37. The predicted octanol–water partition coefficient (Wildman–Crippen LogP) is 8.45. The molecule has 5 rings (SSSR count). The summed E-state index contributed by atoms with van der Waals surface area (Å²) in [6.07, 6.45) is 2.35. The molecule has 4 saturated carbocycles. The highest BCUT2D eigenvalue weighted by Gasteiger charge is 2.70. The fraction of sp³-hybridized carbons (Fsp3) is 0.848. The molecule has 0 radical (unpaired) electrons. The van der Waals surface area contributed by atoms with E-state index < -0.39 is 29.8 Å². The Hall–Kier alpha value is -1.46. The Labute approximate surface area is 232 Å². The number of hydrogen-bond donors (Lipinski definition) is 0. The summed E-state index contributed by atoms with van der Waals surface area (Å²) in [7, 11) is 0. The number of halogens is 3. The number of allylic oxidation sites excluding steroid dienone is 2. The lowest BCUT2D eigenvalue weighted by Crippen LogP contribution is -2.66. The molecular weight excluding hydrogens is 501 g/mol. The summed E-state index contributed by atoms with van der Waals surface area (Å²) in [5, 5.41) is 0. The highest BCUT2D eigenvalue weighted by Crippen LogP contribution is 2.75. The average molecular weight is 549 g/mol. The van der Waals surface area contributed by atoms with Gasteiger partial charge in [-0.2, -0.15) is 13.2 Å². The van der Waals surface area contributed by atoms with E-state index in [1.165, 1.54) is 5.57 Å².